The molecule has 0 aliphatic heterocycles. The lowest BCUT2D eigenvalue weighted by Crippen LogP contribution is -2.15. The van der Waals surface area contributed by atoms with Crippen LogP contribution >= 0.6 is 0 Å². The van der Waals surface area contributed by atoms with Crippen LogP contribution in [-0.2, 0) is 15.9 Å². The number of aromatic nitrogens is 2. The third-order valence-corrected chi connectivity index (χ3v) is 5.61. The fraction of sp³-hybridized carbons (Fsp3) is 0.250. The molecule has 2 N–H and O–H groups in total. The highest BCUT2D eigenvalue weighted by Crippen LogP contribution is 2.35. The number of esters is 1. The second-order valence-corrected chi connectivity index (χ2v) is 8.11. The first-order valence-corrected chi connectivity index (χ1v) is 10.2. The number of aromatic amines is 2. The number of hydrogen-bond acceptors (Lipinski definition) is 3. The van der Waals surface area contributed by atoms with Crippen LogP contribution in [0.25, 0.3) is 32.7 Å². The summed E-state index contributed by atoms with van der Waals surface area (Å²) in [4.78, 5) is 19.1. The van der Waals surface area contributed by atoms with Gasteiger partial charge >= 0.3 is 5.97 Å². The minimum Gasteiger partial charge on any atom is -0.616 e. The van der Waals surface area contributed by atoms with Gasteiger partial charge in [-0.2, -0.15) is 0 Å². The van der Waals surface area contributed by atoms with Gasteiger partial charge in [0.15, 0.2) is 0 Å². The largest absolute Gasteiger partial charge is 0.616 e. The molecule has 26 heavy (non-hydrogen) atoms. The maximum Gasteiger partial charge on any atom is 0.355 e. The lowest BCUT2D eigenvalue weighted by molar-refractivity contribution is 0.0522. The molecule has 6 heteroatoms. The van der Waals surface area contributed by atoms with E-state index in [2.05, 4.69) is 35.1 Å². The molecule has 0 fully saturated rings. The maximum absolute atomic E-state index is 12.4. The highest BCUT2D eigenvalue weighted by molar-refractivity contribution is 7.90. The number of benzene rings is 2. The Morgan fingerprint density at radius 1 is 1.12 bits per heavy atom. The van der Waals surface area contributed by atoms with Crippen molar-refractivity contribution in [2.24, 2.45) is 0 Å². The Labute approximate surface area is 153 Å². The van der Waals surface area contributed by atoms with Crippen molar-refractivity contribution < 1.29 is 14.1 Å². The molecular formula is C20H20N2O3S. The third-order valence-electron chi connectivity index (χ3n) is 4.87. The summed E-state index contributed by atoms with van der Waals surface area (Å²) in [7, 11) is 0. The fourth-order valence-corrected chi connectivity index (χ4v) is 3.93. The van der Waals surface area contributed by atoms with Crippen LogP contribution < -0.4 is 0 Å². The number of carbonyl (C=O) groups excluding carboxylic acids is 1. The molecule has 1 atom stereocenters. The van der Waals surface area contributed by atoms with Crippen LogP contribution in [0.15, 0.2) is 30.3 Å². The Balaban J connectivity index is 1.83. The van der Waals surface area contributed by atoms with E-state index in [1.165, 1.54) is 0 Å². The normalized spacial score (nSPS) is 12.9. The fourth-order valence-electron chi connectivity index (χ4n) is 3.62. The number of carbonyl (C=O) groups is 1. The average molecular weight is 368 g/mol. The van der Waals surface area contributed by atoms with Gasteiger partial charge in [0, 0.05) is 27.2 Å². The first-order valence-electron chi connectivity index (χ1n) is 8.47. The van der Waals surface area contributed by atoms with Crippen molar-refractivity contribution in [2.45, 2.75) is 13.8 Å². The minimum atomic E-state index is -0.979. The van der Waals surface area contributed by atoms with Crippen LogP contribution in [0.1, 0.15) is 21.6 Å². The standard InChI is InChI=1S/C20H20N2O3S/c1-11-17-12(2)19(20(23)25-8-9-26(3)24)22-16(17)10-14-13-6-4-5-7-15(13)21-18(11)14/h4-7,10,21-22H,8-9H2,1-3H3. The van der Waals surface area contributed by atoms with Gasteiger partial charge in [-0.1, -0.05) is 29.4 Å². The smallest absolute Gasteiger partial charge is 0.355 e. The zero-order valence-electron chi connectivity index (χ0n) is 14.9. The van der Waals surface area contributed by atoms with E-state index >= 15 is 0 Å². The van der Waals surface area contributed by atoms with E-state index in [1.54, 1.807) is 6.26 Å². The molecule has 0 aliphatic rings. The van der Waals surface area contributed by atoms with Crippen molar-refractivity contribution in [3.63, 3.8) is 0 Å². The molecule has 2 heterocycles. The lowest BCUT2D eigenvalue weighted by atomic mass is 10.0. The Morgan fingerprint density at radius 3 is 2.65 bits per heavy atom. The SMILES string of the molecule is Cc1c(C(=O)OCC[S+](C)[O-])[nH]c2cc3c([nH]c4ccccc43)c(C)c12. The van der Waals surface area contributed by atoms with E-state index in [4.69, 9.17) is 4.74 Å². The Hall–Kier alpha value is -2.44. The van der Waals surface area contributed by atoms with Gasteiger partial charge in [-0.25, -0.2) is 4.79 Å². The number of nitrogens with one attached hydrogen (secondary N) is 2. The minimum absolute atomic E-state index is 0.154. The van der Waals surface area contributed by atoms with Gasteiger partial charge in [0.2, 0.25) is 0 Å². The first kappa shape index (κ1) is 17.0. The summed E-state index contributed by atoms with van der Waals surface area (Å²) in [6, 6.07) is 10.3. The van der Waals surface area contributed by atoms with E-state index in [0.29, 0.717) is 11.4 Å². The van der Waals surface area contributed by atoms with Gasteiger partial charge in [0.25, 0.3) is 0 Å². The molecule has 0 bridgehead atoms. The van der Waals surface area contributed by atoms with Crippen LogP contribution in [0.5, 0.6) is 0 Å². The van der Waals surface area contributed by atoms with Crippen LogP contribution in [0.4, 0.5) is 0 Å². The maximum atomic E-state index is 12.4. The molecule has 0 spiro atoms. The zero-order valence-corrected chi connectivity index (χ0v) is 15.8. The van der Waals surface area contributed by atoms with E-state index in [0.717, 1.165) is 43.8 Å². The number of fused-ring (bicyclic) bond motifs is 4. The summed E-state index contributed by atoms with van der Waals surface area (Å²) in [5, 5.41) is 3.33. The van der Waals surface area contributed by atoms with Crippen molar-refractivity contribution in [3.8, 4) is 0 Å². The predicted octanol–water partition coefficient (Wildman–Crippen LogP) is 3.95. The predicted molar refractivity (Wildman–Crippen MR) is 106 cm³/mol. The van der Waals surface area contributed by atoms with Crippen molar-refractivity contribution in [1.29, 1.82) is 0 Å². The number of hydrogen-bond donors (Lipinski definition) is 2. The number of rotatable bonds is 4. The molecule has 4 rings (SSSR count). The van der Waals surface area contributed by atoms with Crippen LogP contribution in [0, 0.1) is 13.8 Å². The van der Waals surface area contributed by atoms with E-state index in [-0.39, 0.29) is 6.61 Å². The highest BCUT2D eigenvalue weighted by atomic mass is 32.2. The van der Waals surface area contributed by atoms with Gasteiger partial charge in [-0.3, -0.25) is 0 Å². The molecule has 0 aliphatic carbocycles. The van der Waals surface area contributed by atoms with Crippen molar-refractivity contribution in [2.75, 3.05) is 18.6 Å². The molecule has 2 aromatic carbocycles. The molecule has 4 aromatic rings. The Morgan fingerprint density at radius 2 is 1.88 bits per heavy atom. The summed E-state index contributed by atoms with van der Waals surface area (Å²) < 4.78 is 16.4. The third kappa shape index (κ3) is 2.66. The quantitative estimate of drug-likeness (QED) is 0.423. The van der Waals surface area contributed by atoms with Crippen molar-refractivity contribution in [1.82, 2.24) is 9.97 Å². The Bertz CT molecular complexity index is 1140. The molecule has 5 nitrogen and oxygen atoms in total. The molecule has 0 saturated heterocycles. The summed E-state index contributed by atoms with van der Waals surface area (Å²) in [5.74, 6) is -0.0592. The molecule has 2 aromatic heterocycles. The van der Waals surface area contributed by atoms with Crippen LogP contribution in [0.3, 0.4) is 0 Å². The summed E-state index contributed by atoms with van der Waals surface area (Å²) in [6.07, 6.45) is 1.59. The monoisotopic (exact) mass is 368 g/mol. The molecular weight excluding hydrogens is 348 g/mol. The molecule has 1 unspecified atom stereocenters. The van der Waals surface area contributed by atoms with E-state index in [9.17, 15) is 9.35 Å². The van der Waals surface area contributed by atoms with Crippen LogP contribution in [0.2, 0.25) is 0 Å². The van der Waals surface area contributed by atoms with Crippen molar-refractivity contribution >= 4 is 49.9 Å². The molecule has 0 radical (unpaired) electrons. The summed E-state index contributed by atoms with van der Waals surface area (Å²) in [5.41, 5.74) is 5.55. The summed E-state index contributed by atoms with van der Waals surface area (Å²) in [6.45, 7) is 4.15. The lowest BCUT2D eigenvalue weighted by Gasteiger charge is -2.06. The molecule has 0 amide bonds. The molecule has 0 saturated carbocycles. The van der Waals surface area contributed by atoms with Gasteiger partial charge in [0.1, 0.15) is 18.1 Å². The topological polar surface area (TPSA) is 80.9 Å². The van der Waals surface area contributed by atoms with Gasteiger partial charge in [0.05, 0.1) is 11.8 Å². The Kier molecular flexibility index (Phi) is 4.17. The van der Waals surface area contributed by atoms with Gasteiger partial charge in [-0.15, -0.1) is 0 Å². The van der Waals surface area contributed by atoms with E-state index in [1.807, 2.05) is 19.1 Å². The summed E-state index contributed by atoms with van der Waals surface area (Å²) >= 11 is -0.979. The zero-order chi connectivity index (χ0) is 18.4. The first-order chi connectivity index (χ1) is 12.5. The number of para-hydroxylation sites is 1. The average Bonchev–Trinajstić information content (AvgIpc) is 3.14. The van der Waals surface area contributed by atoms with E-state index < -0.39 is 17.1 Å². The highest BCUT2D eigenvalue weighted by Gasteiger charge is 2.20. The van der Waals surface area contributed by atoms with Crippen LogP contribution in [-0.4, -0.2) is 39.1 Å². The van der Waals surface area contributed by atoms with Gasteiger partial charge < -0.3 is 19.3 Å². The molecule has 134 valence electrons. The number of H-pyrrole nitrogens is 2. The van der Waals surface area contributed by atoms with Gasteiger partial charge in [-0.05, 0) is 37.1 Å². The second-order valence-electron chi connectivity index (χ2n) is 6.56. The number of aryl methyl sites for hydroxylation is 2. The second kappa shape index (κ2) is 6.37. The van der Waals surface area contributed by atoms with Crippen molar-refractivity contribution in [3.05, 3.63) is 47.2 Å². The number of ether oxygens (including phenoxy) is 1.